The SMILES string of the molecule is N#Cc1cc([N+](=O)[O-])cc(Cl)c1O. The number of hydrogen-bond donors (Lipinski definition) is 1. The molecule has 0 atom stereocenters. The van der Waals surface area contributed by atoms with Crippen molar-refractivity contribution >= 4 is 17.3 Å². The number of halogens is 1. The minimum Gasteiger partial charge on any atom is -0.505 e. The average Bonchev–Trinajstić information content (AvgIpc) is 2.09. The summed E-state index contributed by atoms with van der Waals surface area (Å²) in [5, 5.41) is 27.7. The molecule has 0 aliphatic rings. The Balaban J connectivity index is 3.41. The molecule has 0 spiro atoms. The molecule has 0 unspecified atom stereocenters. The van der Waals surface area contributed by atoms with Gasteiger partial charge in [-0.2, -0.15) is 5.26 Å². The van der Waals surface area contributed by atoms with E-state index in [1.165, 1.54) is 0 Å². The van der Waals surface area contributed by atoms with Gasteiger partial charge < -0.3 is 5.11 Å². The molecule has 0 saturated heterocycles. The van der Waals surface area contributed by atoms with Crippen LogP contribution in [-0.2, 0) is 0 Å². The third-order valence-electron chi connectivity index (χ3n) is 1.38. The molecule has 0 radical (unpaired) electrons. The first-order chi connectivity index (χ1) is 6.06. The second kappa shape index (κ2) is 3.29. The lowest BCUT2D eigenvalue weighted by Crippen LogP contribution is -1.89. The van der Waals surface area contributed by atoms with Crippen molar-refractivity contribution in [2.45, 2.75) is 0 Å². The summed E-state index contributed by atoms with van der Waals surface area (Å²) < 4.78 is 0. The predicted octanol–water partition coefficient (Wildman–Crippen LogP) is 1.83. The van der Waals surface area contributed by atoms with Crippen LogP contribution in [0.25, 0.3) is 0 Å². The van der Waals surface area contributed by atoms with E-state index < -0.39 is 10.7 Å². The lowest BCUT2D eigenvalue weighted by atomic mass is 10.2. The van der Waals surface area contributed by atoms with E-state index in [1.807, 2.05) is 0 Å². The van der Waals surface area contributed by atoms with Gasteiger partial charge in [-0.3, -0.25) is 10.1 Å². The van der Waals surface area contributed by atoms with Crippen molar-refractivity contribution in [3.8, 4) is 11.8 Å². The van der Waals surface area contributed by atoms with Gasteiger partial charge >= 0.3 is 0 Å². The van der Waals surface area contributed by atoms with E-state index in [0.29, 0.717) is 0 Å². The van der Waals surface area contributed by atoms with Crippen LogP contribution in [-0.4, -0.2) is 10.0 Å². The van der Waals surface area contributed by atoms with Crippen molar-refractivity contribution in [3.05, 3.63) is 32.8 Å². The van der Waals surface area contributed by atoms with Crippen molar-refractivity contribution in [3.63, 3.8) is 0 Å². The minimum atomic E-state index is -0.688. The molecule has 1 aromatic carbocycles. The number of nitro groups is 1. The van der Waals surface area contributed by atoms with Gasteiger partial charge in [-0.15, -0.1) is 0 Å². The molecule has 66 valence electrons. The number of benzene rings is 1. The van der Waals surface area contributed by atoms with Crippen molar-refractivity contribution < 1.29 is 10.0 Å². The largest absolute Gasteiger partial charge is 0.505 e. The Bertz CT molecular complexity index is 411. The topological polar surface area (TPSA) is 87.2 Å². The van der Waals surface area contributed by atoms with Crippen LogP contribution in [0.5, 0.6) is 5.75 Å². The van der Waals surface area contributed by atoms with Crippen LogP contribution in [0.1, 0.15) is 5.56 Å². The number of nitrogens with zero attached hydrogens (tertiary/aromatic N) is 2. The number of aromatic hydroxyl groups is 1. The van der Waals surface area contributed by atoms with Gasteiger partial charge in [-0.1, -0.05) is 11.6 Å². The van der Waals surface area contributed by atoms with Gasteiger partial charge in [0.2, 0.25) is 0 Å². The van der Waals surface area contributed by atoms with Gasteiger partial charge in [0.05, 0.1) is 9.95 Å². The predicted molar refractivity (Wildman–Crippen MR) is 44.5 cm³/mol. The number of phenolic OH excluding ortho intramolecular Hbond substituents is 1. The van der Waals surface area contributed by atoms with Gasteiger partial charge in [0, 0.05) is 12.1 Å². The first kappa shape index (κ1) is 9.29. The third-order valence-corrected chi connectivity index (χ3v) is 1.67. The number of non-ortho nitro benzene ring substituents is 1. The molecule has 1 N–H and O–H groups in total. The van der Waals surface area contributed by atoms with E-state index in [4.69, 9.17) is 22.0 Å². The summed E-state index contributed by atoms with van der Waals surface area (Å²) in [6.45, 7) is 0. The van der Waals surface area contributed by atoms with Crippen molar-refractivity contribution in [2.24, 2.45) is 0 Å². The van der Waals surface area contributed by atoms with Gasteiger partial charge in [-0.05, 0) is 0 Å². The van der Waals surface area contributed by atoms with Crippen LogP contribution in [0.3, 0.4) is 0 Å². The lowest BCUT2D eigenvalue weighted by Gasteiger charge is -1.98. The number of nitriles is 1. The van der Waals surface area contributed by atoms with Crippen LogP contribution in [0.15, 0.2) is 12.1 Å². The van der Waals surface area contributed by atoms with Crippen LogP contribution >= 0.6 is 11.6 Å². The van der Waals surface area contributed by atoms with E-state index in [0.717, 1.165) is 12.1 Å². The molecule has 6 heteroatoms. The zero-order valence-corrected chi connectivity index (χ0v) is 6.95. The average molecular weight is 199 g/mol. The Morgan fingerprint density at radius 3 is 2.69 bits per heavy atom. The fraction of sp³-hybridized carbons (Fsp3) is 0. The standard InChI is InChI=1S/C7H3ClN2O3/c8-6-2-5(10(12)13)1-4(3-9)7(6)11/h1-2,11H. The van der Waals surface area contributed by atoms with Gasteiger partial charge in [0.25, 0.3) is 5.69 Å². The molecule has 0 fully saturated rings. The number of nitro benzene ring substituents is 1. The molecule has 0 aliphatic carbocycles. The highest BCUT2D eigenvalue weighted by Crippen LogP contribution is 2.31. The molecule has 0 aliphatic heterocycles. The fourth-order valence-electron chi connectivity index (χ4n) is 0.775. The Morgan fingerprint density at radius 2 is 2.23 bits per heavy atom. The Labute approximate surface area is 77.9 Å². The molecule has 13 heavy (non-hydrogen) atoms. The molecule has 0 amide bonds. The Kier molecular flexibility index (Phi) is 2.35. The lowest BCUT2D eigenvalue weighted by molar-refractivity contribution is -0.384. The number of phenols is 1. The van der Waals surface area contributed by atoms with Gasteiger partial charge in [0.1, 0.15) is 11.6 Å². The van der Waals surface area contributed by atoms with Gasteiger partial charge in [0.15, 0.2) is 5.75 Å². The molecular formula is C7H3ClN2O3. The fourth-order valence-corrected chi connectivity index (χ4v) is 0.989. The highest BCUT2D eigenvalue weighted by atomic mass is 35.5. The highest BCUT2D eigenvalue weighted by molar-refractivity contribution is 6.32. The summed E-state index contributed by atoms with van der Waals surface area (Å²) in [6, 6.07) is 3.54. The van der Waals surface area contributed by atoms with E-state index >= 15 is 0 Å². The summed E-state index contributed by atoms with van der Waals surface area (Å²) in [5.74, 6) is -0.435. The molecule has 5 nitrogen and oxygen atoms in total. The summed E-state index contributed by atoms with van der Waals surface area (Å²) in [7, 11) is 0. The van der Waals surface area contributed by atoms with E-state index in [1.54, 1.807) is 6.07 Å². The van der Waals surface area contributed by atoms with Crippen molar-refractivity contribution in [1.29, 1.82) is 5.26 Å². The quantitative estimate of drug-likeness (QED) is 0.551. The minimum absolute atomic E-state index is 0.203. The first-order valence-electron chi connectivity index (χ1n) is 3.13. The molecule has 0 bridgehead atoms. The highest BCUT2D eigenvalue weighted by Gasteiger charge is 2.14. The number of rotatable bonds is 1. The van der Waals surface area contributed by atoms with Crippen LogP contribution < -0.4 is 0 Å². The summed E-state index contributed by atoms with van der Waals surface area (Å²) in [4.78, 5) is 9.60. The second-order valence-corrected chi connectivity index (χ2v) is 2.60. The zero-order chi connectivity index (χ0) is 10.0. The third kappa shape index (κ3) is 1.68. The Morgan fingerprint density at radius 1 is 1.62 bits per heavy atom. The smallest absolute Gasteiger partial charge is 0.272 e. The molecular weight excluding hydrogens is 196 g/mol. The summed E-state index contributed by atoms with van der Waals surface area (Å²) in [5.41, 5.74) is -0.529. The normalized spacial score (nSPS) is 9.23. The maximum Gasteiger partial charge on any atom is 0.272 e. The second-order valence-electron chi connectivity index (χ2n) is 2.19. The Hall–Kier alpha value is -1.80. The van der Waals surface area contributed by atoms with Crippen molar-refractivity contribution in [2.75, 3.05) is 0 Å². The monoisotopic (exact) mass is 198 g/mol. The summed E-state index contributed by atoms with van der Waals surface area (Å²) in [6.07, 6.45) is 0. The zero-order valence-electron chi connectivity index (χ0n) is 6.19. The van der Waals surface area contributed by atoms with E-state index in [-0.39, 0.29) is 16.3 Å². The van der Waals surface area contributed by atoms with E-state index in [9.17, 15) is 10.1 Å². The number of hydrogen-bond acceptors (Lipinski definition) is 4. The first-order valence-corrected chi connectivity index (χ1v) is 3.51. The maximum absolute atomic E-state index is 10.3. The molecule has 0 saturated carbocycles. The molecule has 1 rings (SSSR count). The van der Waals surface area contributed by atoms with Gasteiger partial charge in [-0.25, -0.2) is 0 Å². The molecule has 1 aromatic rings. The molecule has 0 heterocycles. The van der Waals surface area contributed by atoms with E-state index in [2.05, 4.69) is 0 Å². The van der Waals surface area contributed by atoms with Crippen LogP contribution in [0, 0.1) is 21.4 Å². The molecule has 0 aromatic heterocycles. The van der Waals surface area contributed by atoms with Crippen molar-refractivity contribution in [1.82, 2.24) is 0 Å². The van der Waals surface area contributed by atoms with Crippen LogP contribution in [0.4, 0.5) is 5.69 Å². The van der Waals surface area contributed by atoms with Crippen LogP contribution in [0.2, 0.25) is 5.02 Å². The summed E-state index contributed by atoms with van der Waals surface area (Å²) >= 11 is 5.44. The maximum atomic E-state index is 10.3.